The lowest BCUT2D eigenvalue weighted by atomic mass is 9.91. The molecule has 1 aromatic carbocycles. The molecule has 1 fully saturated rings. The van der Waals surface area contributed by atoms with Crippen molar-refractivity contribution < 1.29 is 13.2 Å². The van der Waals surface area contributed by atoms with Crippen LogP contribution in [0.4, 0.5) is 5.13 Å². The molecular formula is C20H24N6O3S2. The van der Waals surface area contributed by atoms with E-state index in [2.05, 4.69) is 30.1 Å². The topological polar surface area (TPSA) is 102 Å². The standard InChI is InChI=1S/C20H24N6O3S2/c1-25-17(7-9-22-25)18-4-2-3-10-26(18)16-8-11-29-19-12-14(5-6-15(16)19)31(27,28)24-20-21-13-23-30-20/h5-7,9,12-13,16,18H,2-4,8,10-11H2,1H3,(H,21,23,24)/t16-,18?/m0/s1. The van der Waals surface area contributed by atoms with Crippen LogP contribution in [0, 0.1) is 0 Å². The van der Waals surface area contributed by atoms with Crippen LogP contribution in [0.25, 0.3) is 0 Å². The number of hydrogen-bond donors (Lipinski definition) is 1. The minimum atomic E-state index is -3.76. The quantitative estimate of drug-likeness (QED) is 0.624. The van der Waals surface area contributed by atoms with Gasteiger partial charge in [0.2, 0.25) is 5.13 Å². The predicted molar refractivity (Wildman–Crippen MR) is 117 cm³/mol. The Morgan fingerprint density at radius 1 is 1.19 bits per heavy atom. The van der Waals surface area contributed by atoms with Gasteiger partial charge in [0.15, 0.2) is 0 Å². The molecule has 1 unspecified atom stereocenters. The molecule has 0 saturated carbocycles. The number of aromatic nitrogens is 4. The number of benzene rings is 1. The van der Waals surface area contributed by atoms with Crippen LogP contribution in [0.5, 0.6) is 5.75 Å². The molecule has 0 aliphatic carbocycles. The Morgan fingerprint density at radius 2 is 2.10 bits per heavy atom. The van der Waals surface area contributed by atoms with Gasteiger partial charge in [-0.05, 0) is 31.5 Å². The molecule has 1 saturated heterocycles. The van der Waals surface area contributed by atoms with Crippen molar-refractivity contribution in [1.82, 2.24) is 24.0 Å². The lowest BCUT2D eigenvalue weighted by Gasteiger charge is -2.43. The number of hydrogen-bond acceptors (Lipinski definition) is 8. The molecular weight excluding hydrogens is 436 g/mol. The molecule has 0 radical (unpaired) electrons. The summed E-state index contributed by atoms with van der Waals surface area (Å²) in [6.45, 7) is 1.55. The molecule has 0 spiro atoms. The van der Waals surface area contributed by atoms with Crippen molar-refractivity contribution in [1.29, 1.82) is 0 Å². The molecule has 31 heavy (non-hydrogen) atoms. The molecule has 2 aliphatic heterocycles. The highest BCUT2D eigenvalue weighted by atomic mass is 32.2. The summed E-state index contributed by atoms with van der Waals surface area (Å²) >= 11 is 0.996. The molecule has 9 nitrogen and oxygen atoms in total. The summed E-state index contributed by atoms with van der Waals surface area (Å²) in [5, 5.41) is 4.61. The van der Waals surface area contributed by atoms with Gasteiger partial charge in [-0.2, -0.15) is 9.47 Å². The van der Waals surface area contributed by atoms with Gasteiger partial charge in [-0.1, -0.05) is 12.5 Å². The van der Waals surface area contributed by atoms with Crippen LogP contribution >= 0.6 is 11.5 Å². The second kappa shape index (κ2) is 8.21. The van der Waals surface area contributed by atoms with Gasteiger partial charge in [-0.25, -0.2) is 13.4 Å². The molecule has 164 valence electrons. The van der Waals surface area contributed by atoms with Gasteiger partial charge < -0.3 is 4.74 Å². The Labute approximate surface area is 185 Å². The maximum Gasteiger partial charge on any atom is 0.263 e. The lowest BCUT2D eigenvalue weighted by molar-refractivity contribution is 0.0629. The van der Waals surface area contributed by atoms with E-state index in [1.54, 1.807) is 12.1 Å². The van der Waals surface area contributed by atoms with Crippen molar-refractivity contribution in [2.24, 2.45) is 7.05 Å². The third-order valence-corrected chi connectivity index (χ3v) is 8.08. The van der Waals surface area contributed by atoms with Crippen LogP contribution in [0.1, 0.15) is 49.0 Å². The molecule has 2 atom stereocenters. The number of ether oxygens (including phenoxy) is 1. The smallest absolute Gasteiger partial charge is 0.263 e. The van der Waals surface area contributed by atoms with Gasteiger partial charge >= 0.3 is 0 Å². The number of nitrogens with one attached hydrogen (secondary N) is 1. The zero-order chi connectivity index (χ0) is 21.4. The van der Waals surface area contributed by atoms with Gasteiger partial charge in [-0.3, -0.25) is 14.3 Å². The molecule has 4 heterocycles. The van der Waals surface area contributed by atoms with E-state index in [0.29, 0.717) is 18.4 Å². The van der Waals surface area contributed by atoms with Crippen LogP contribution in [0.15, 0.2) is 41.7 Å². The van der Waals surface area contributed by atoms with E-state index < -0.39 is 10.0 Å². The second-order valence-corrected chi connectivity index (χ2v) is 10.3. The summed E-state index contributed by atoms with van der Waals surface area (Å²) in [5.41, 5.74) is 2.25. The second-order valence-electron chi connectivity index (χ2n) is 7.83. The fourth-order valence-electron chi connectivity index (χ4n) is 4.61. The average Bonchev–Trinajstić information content (AvgIpc) is 3.44. The minimum Gasteiger partial charge on any atom is -0.493 e. The Hall–Kier alpha value is -2.50. The maximum atomic E-state index is 12.8. The number of piperidine rings is 1. The molecule has 2 aliphatic rings. The number of aryl methyl sites for hydroxylation is 1. The summed E-state index contributed by atoms with van der Waals surface area (Å²) in [6.07, 6.45) is 7.47. The highest BCUT2D eigenvalue weighted by Crippen LogP contribution is 2.44. The zero-order valence-electron chi connectivity index (χ0n) is 17.1. The predicted octanol–water partition coefficient (Wildman–Crippen LogP) is 3.12. The molecule has 1 N–H and O–H groups in total. The summed E-state index contributed by atoms with van der Waals surface area (Å²) in [6, 6.07) is 7.72. The fraction of sp³-hybridized carbons (Fsp3) is 0.450. The number of anilines is 1. The summed E-state index contributed by atoms with van der Waals surface area (Å²) in [5.74, 6) is 0.630. The maximum absolute atomic E-state index is 12.8. The van der Waals surface area contributed by atoms with Crippen molar-refractivity contribution in [3.63, 3.8) is 0 Å². The van der Waals surface area contributed by atoms with Gasteiger partial charge in [0, 0.05) is 48.9 Å². The van der Waals surface area contributed by atoms with E-state index in [4.69, 9.17) is 4.74 Å². The fourth-order valence-corrected chi connectivity index (χ4v) is 6.29. The van der Waals surface area contributed by atoms with Crippen LogP contribution in [-0.4, -0.2) is 45.6 Å². The van der Waals surface area contributed by atoms with Gasteiger partial charge in [0.05, 0.1) is 23.2 Å². The van der Waals surface area contributed by atoms with Gasteiger partial charge in [-0.15, -0.1) is 0 Å². The lowest BCUT2D eigenvalue weighted by Crippen LogP contribution is -2.39. The number of fused-ring (bicyclic) bond motifs is 1. The third-order valence-electron chi connectivity index (χ3n) is 6.03. The third kappa shape index (κ3) is 3.92. The van der Waals surface area contributed by atoms with Crippen molar-refractivity contribution in [2.45, 2.75) is 42.7 Å². The van der Waals surface area contributed by atoms with E-state index in [0.717, 1.165) is 42.9 Å². The highest BCUT2D eigenvalue weighted by molar-refractivity contribution is 7.93. The summed E-state index contributed by atoms with van der Waals surface area (Å²) in [4.78, 5) is 6.59. The number of likely N-dealkylation sites (tertiary alicyclic amines) is 1. The van der Waals surface area contributed by atoms with E-state index in [9.17, 15) is 8.42 Å². The summed E-state index contributed by atoms with van der Waals surface area (Å²) < 4.78 is 39.7. The number of sulfonamides is 1. The first-order valence-electron chi connectivity index (χ1n) is 10.3. The number of rotatable bonds is 5. The average molecular weight is 461 g/mol. The van der Waals surface area contributed by atoms with E-state index in [-0.39, 0.29) is 16.1 Å². The molecule has 3 aromatic rings. The first kappa shape index (κ1) is 20.4. The monoisotopic (exact) mass is 460 g/mol. The molecule has 2 aromatic heterocycles. The van der Waals surface area contributed by atoms with Crippen LogP contribution in [0.3, 0.4) is 0 Å². The van der Waals surface area contributed by atoms with E-state index in [1.165, 1.54) is 18.4 Å². The normalized spacial score (nSPS) is 22.0. The van der Waals surface area contributed by atoms with Crippen LogP contribution in [-0.2, 0) is 17.1 Å². The minimum absolute atomic E-state index is 0.156. The van der Waals surface area contributed by atoms with E-state index in [1.807, 2.05) is 24.0 Å². The first-order valence-corrected chi connectivity index (χ1v) is 12.6. The summed E-state index contributed by atoms with van der Waals surface area (Å²) in [7, 11) is -1.77. The largest absolute Gasteiger partial charge is 0.493 e. The Kier molecular flexibility index (Phi) is 5.40. The molecule has 5 rings (SSSR count). The number of nitrogens with zero attached hydrogens (tertiary/aromatic N) is 5. The zero-order valence-corrected chi connectivity index (χ0v) is 18.8. The Bertz CT molecular complexity index is 1160. The Morgan fingerprint density at radius 3 is 2.87 bits per heavy atom. The van der Waals surface area contributed by atoms with Crippen LogP contribution in [0.2, 0.25) is 0 Å². The highest BCUT2D eigenvalue weighted by Gasteiger charge is 2.35. The molecule has 11 heteroatoms. The molecule has 0 amide bonds. The van der Waals surface area contributed by atoms with Gasteiger partial charge in [0.25, 0.3) is 10.0 Å². The first-order chi connectivity index (χ1) is 15.0. The Balaban J connectivity index is 1.45. The van der Waals surface area contributed by atoms with Crippen LogP contribution < -0.4 is 9.46 Å². The van der Waals surface area contributed by atoms with Crippen molar-refractivity contribution in [2.75, 3.05) is 17.9 Å². The van der Waals surface area contributed by atoms with Crippen molar-refractivity contribution >= 4 is 26.7 Å². The van der Waals surface area contributed by atoms with Crippen molar-refractivity contribution in [3.8, 4) is 5.75 Å². The van der Waals surface area contributed by atoms with Gasteiger partial charge in [0.1, 0.15) is 12.1 Å². The molecule has 0 bridgehead atoms. The van der Waals surface area contributed by atoms with E-state index >= 15 is 0 Å². The van der Waals surface area contributed by atoms with Crippen molar-refractivity contribution in [3.05, 3.63) is 48.0 Å². The SMILES string of the molecule is Cn1nccc1C1CCCCN1[C@H]1CCOc2cc(S(=O)(=O)Nc3ncns3)ccc21.